The Hall–Kier alpha value is -3.48. The summed E-state index contributed by atoms with van der Waals surface area (Å²) >= 11 is 0. The van der Waals surface area contributed by atoms with Crippen molar-refractivity contribution in [3.8, 4) is 11.6 Å². The van der Waals surface area contributed by atoms with Gasteiger partial charge in [0.2, 0.25) is 5.88 Å². The normalized spacial score (nSPS) is 11.1. The van der Waals surface area contributed by atoms with E-state index in [9.17, 15) is 0 Å². The van der Waals surface area contributed by atoms with Gasteiger partial charge in [0.15, 0.2) is 5.96 Å². The van der Waals surface area contributed by atoms with Crippen LogP contribution in [0.3, 0.4) is 0 Å². The molecule has 0 saturated carbocycles. The highest BCUT2D eigenvalue weighted by Crippen LogP contribution is 2.10. The molecule has 29 heavy (non-hydrogen) atoms. The van der Waals surface area contributed by atoms with Gasteiger partial charge in [0.25, 0.3) is 0 Å². The maximum absolute atomic E-state index is 5.62. The van der Waals surface area contributed by atoms with Gasteiger partial charge in [-0.2, -0.15) is 0 Å². The lowest BCUT2D eigenvalue weighted by molar-refractivity contribution is 0.212. The standard InChI is InChI=1S/C22H26N4O3/c1-2-23-22(26-17-20-9-6-12-27-20)25-16-18-10-11-21(24-15-18)29-14-13-28-19-7-4-3-5-8-19/h3-12,15H,2,13-14,16-17H2,1H3,(H2,23,25,26). The molecule has 0 atom stereocenters. The average Bonchev–Trinajstić information content (AvgIpc) is 3.28. The molecule has 0 bridgehead atoms. The van der Waals surface area contributed by atoms with Gasteiger partial charge in [-0.25, -0.2) is 9.98 Å². The Kier molecular flexibility index (Phi) is 7.95. The summed E-state index contributed by atoms with van der Waals surface area (Å²) in [5.74, 6) is 2.98. The fourth-order valence-corrected chi connectivity index (χ4v) is 2.51. The molecule has 0 radical (unpaired) electrons. The molecule has 152 valence electrons. The number of ether oxygens (including phenoxy) is 2. The number of benzene rings is 1. The molecule has 0 saturated heterocycles. The van der Waals surface area contributed by atoms with E-state index in [1.54, 1.807) is 12.5 Å². The van der Waals surface area contributed by atoms with E-state index >= 15 is 0 Å². The summed E-state index contributed by atoms with van der Waals surface area (Å²) in [5, 5.41) is 6.45. The number of guanidine groups is 1. The van der Waals surface area contributed by atoms with Crippen molar-refractivity contribution in [3.05, 3.63) is 78.4 Å². The molecule has 3 rings (SSSR count). The second-order valence-corrected chi connectivity index (χ2v) is 6.14. The number of hydrogen-bond acceptors (Lipinski definition) is 5. The highest BCUT2D eigenvalue weighted by molar-refractivity contribution is 5.79. The molecule has 0 aliphatic heterocycles. The third kappa shape index (κ3) is 7.21. The van der Waals surface area contributed by atoms with Gasteiger partial charge in [0.05, 0.1) is 19.4 Å². The van der Waals surface area contributed by atoms with Gasteiger partial charge in [-0.1, -0.05) is 24.3 Å². The molecule has 7 nitrogen and oxygen atoms in total. The Labute approximate surface area is 170 Å². The van der Waals surface area contributed by atoms with Gasteiger partial charge < -0.3 is 24.5 Å². The van der Waals surface area contributed by atoms with E-state index in [4.69, 9.17) is 13.9 Å². The molecule has 7 heteroatoms. The Bertz CT molecular complexity index is 850. The summed E-state index contributed by atoms with van der Waals surface area (Å²) in [4.78, 5) is 8.90. The monoisotopic (exact) mass is 394 g/mol. The van der Waals surface area contributed by atoms with E-state index < -0.39 is 0 Å². The van der Waals surface area contributed by atoms with E-state index in [1.807, 2.05) is 61.5 Å². The molecular formula is C22H26N4O3. The summed E-state index contributed by atoms with van der Waals surface area (Å²) in [6.45, 7) is 4.79. The maximum Gasteiger partial charge on any atom is 0.213 e. The lowest BCUT2D eigenvalue weighted by Crippen LogP contribution is -2.36. The number of para-hydroxylation sites is 1. The maximum atomic E-state index is 5.62. The Balaban J connectivity index is 1.42. The van der Waals surface area contributed by atoms with Crippen LogP contribution in [0, 0.1) is 0 Å². The van der Waals surface area contributed by atoms with Crippen LogP contribution >= 0.6 is 0 Å². The van der Waals surface area contributed by atoms with Crippen LogP contribution < -0.4 is 20.1 Å². The molecule has 3 aromatic rings. The number of nitrogens with one attached hydrogen (secondary N) is 2. The van der Waals surface area contributed by atoms with Crippen LogP contribution in [0.4, 0.5) is 0 Å². The third-order valence-corrected chi connectivity index (χ3v) is 3.92. The van der Waals surface area contributed by atoms with Crippen LogP contribution in [0.25, 0.3) is 0 Å². The Morgan fingerprint density at radius 2 is 1.86 bits per heavy atom. The van der Waals surface area contributed by atoms with Crippen molar-refractivity contribution in [2.24, 2.45) is 4.99 Å². The molecule has 2 heterocycles. The van der Waals surface area contributed by atoms with E-state index in [0.717, 1.165) is 29.6 Å². The smallest absolute Gasteiger partial charge is 0.213 e. The molecule has 0 fully saturated rings. The molecule has 2 aromatic heterocycles. The summed E-state index contributed by atoms with van der Waals surface area (Å²) in [6.07, 6.45) is 3.43. The lowest BCUT2D eigenvalue weighted by atomic mass is 10.3. The Morgan fingerprint density at radius 3 is 2.59 bits per heavy atom. The first-order valence-corrected chi connectivity index (χ1v) is 9.63. The van der Waals surface area contributed by atoms with Crippen LogP contribution in [-0.2, 0) is 13.1 Å². The highest BCUT2D eigenvalue weighted by atomic mass is 16.5. The van der Waals surface area contributed by atoms with Crippen molar-refractivity contribution >= 4 is 5.96 Å². The zero-order valence-corrected chi connectivity index (χ0v) is 16.5. The molecular weight excluding hydrogens is 368 g/mol. The summed E-state index contributed by atoms with van der Waals surface area (Å²) < 4.78 is 16.5. The average molecular weight is 394 g/mol. The first-order chi connectivity index (χ1) is 14.3. The quantitative estimate of drug-likeness (QED) is 0.312. The first-order valence-electron chi connectivity index (χ1n) is 9.63. The Morgan fingerprint density at radius 1 is 1.00 bits per heavy atom. The molecule has 1 aromatic carbocycles. The number of pyridine rings is 1. The lowest BCUT2D eigenvalue weighted by Gasteiger charge is -2.10. The van der Waals surface area contributed by atoms with Gasteiger partial charge in [-0.05, 0) is 36.8 Å². The highest BCUT2D eigenvalue weighted by Gasteiger charge is 2.02. The number of aliphatic imine (C=N–C) groups is 1. The molecule has 0 unspecified atom stereocenters. The summed E-state index contributed by atoms with van der Waals surface area (Å²) in [7, 11) is 0. The second kappa shape index (κ2) is 11.4. The van der Waals surface area contributed by atoms with E-state index in [1.165, 1.54) is 0 Å². The molecule has 0 aliphatic rings. The van der Waals surface area contributed by atoms with Gasteiger partial charge in [-0.3, -0.25) is 0 Å². The van der Waals surface area contributed by atoms with Crippen LogP contribution in [0.2, 0.25) is 0 Å². The SMILES string of the molecule is CCNC(=NCc1ccc(OCCOc2ccccc2)nc1)NCc1ccco1. The van der Waals surface area contributed by atoms with Crippen molar-refractivity contribution in [1.82, 2.24) is 15.6 Å². The number of hydrogen-bond donors (Lipinski definition) is 2. The summed E-state index contributed by atoms with van der Waals surface area (Å²) in [5.41, 5.74) is 0.994. The van der Waals surface area contributed by atoms with E-state index in [-0.39, 0.29) is 0 Å². The van der Waals surface area contributed by atoms with Crippen molar-refractivity contribution in [2.75, 3.05) is 19.8 Å². The van der Waals surface area contributed by atoms with Gasteiger partial charge >= 0.3 is 0 Å². The van der Waals surface area contributed by atoms with Crippen molar-refractivity contribution in [2.45, 2.75) is 20.0 Å². The zero-order valence-electron chi connectivity index (χ0n) is 16.5. The minimum atomic E-state index is 0.431. The number of nitrogens with zero attached hydrogens (tertiary/aromatic N) is 2. The van der Waals surface area contributed by atoms with Gasteiger partial charge in [-0.15, -0.1) is 0 Å². The molecule has 0 amide bonds. The van der Waals surface area contributed by atoms with Crippen LogP contribution in [0.1, 0.15) is 18.2 Å². The number of rotatable bonds is 10. The second-order valence-electron chi connectivity index (χ2n) is 6.14. The van der Waals surface area contributed by atoms with Gasteiger partial charge in [0, 0.05) is 18.8 Å². The van der Waals surface area contributed by atoms with Crippen LogP contribution in [0.15, 0.2) is 76.5 Å². The largest absolute Gasteiger partial charge is 0.490 e. The summed E-state index contributed by atoms with van der Waals surface area (Å²) in [6, 6.07) is 17.2. The number of furan rings is 1. The zero-order chi connectivity index (χ0) is 20.2. The van der Waals surface area contributed by atoms with E-state index in [2.05, 4.69) is 20.6 Å². The van der Waals surface area contributed by atoms with Crippen molar-refractivity contribution < 1.29 is 13.9 Å². The van der Waals surface area contributed by atoms with Crippen LogP contribution in [0.5, 0.6) is 11.6 Å². The molecule has 2 N–H and O–H groups in total. The van der Waals surface area contributed by atoms with Crippen molar-refractivity contribution in [3.63, 3.8) is 0 Å². The molecule has 0 aliphatic carbocycles. The van der Waals surface area contributed by atoms with Gasteiger partial charge in [0.1, 0.15) is 24.7 Å². The van der Waals surface area contributed by atoms with Crippen molar-refractivity contribution in [1.29, 1.82) is 0 Å². The molecule has 0 spiro atoms. The minimum absolute atomic E-state index is 0.431. The minimum Gasteiger partial charge on any atom is -0.490 e. The fourth-order valence-electron chi connectivity index (χ4n) is 2.51. The topological polar surface area (TPSA) is 80.9 Å². The number of aromatic nitrogens is 1. The first kappa shape index (κ1) is 20.3. The predicted octanol–water partition coefficient (Wildman–Crippen LogP) is 3.39. The predicted molar refractivity (Wildman–Crippen MR) is 112 cm³/mol. The van der Waals surface area contributed by atoms with E-state index in [0.29, 0.717) is 32.2 Å². The third-order valence-electron chi connectivity index (χ3n) is 3.92. The van der Waals surface area contributed by atoms with Crippen LogP contribution in [-0.4, -0.2) is 30.7 Å². The fraction of sp³-hybridized carbons (Fsp3) is 0.273.